The van der Waals surface area contributed by atoms with Gasteiger partial charge >= 0.3 is 5.91 Å². The second kappa shape index (κ2) is 8.74. The van der Waals surface area contributed by atoms with Gasteiger partial charge < -0.3 is 5.11 Å². The van der Waals surface area contributed by atoms with E-state index in [2.05, 4.69) is 18.8 Å². The first-order valence-electron chi connectivity index (χ1n) is 11.3. The van der Waals surface area contributed by atoms with Crippen LogP contribution < -0.4 is 4.90 Å². The van der Waals surface area contributed by atoms with E-state index in [1.54, 1.807) is 0 Å². The number of carbonyl (C=O) groups is 2. The number of aromatic nitrogens is 1. The number of ketones is 1. The van der Waals surface area contributed by atoms with E-state index in [9.17, 15) is 19.1 Å². The zero-order chi connectivity index (χ0) is 24.9. The number of hydrogen-bond donors (Lipinski definition) is 1. The molecule has 1 amide bonds. The van der Waals surface area contributed by atoms with Crippen molar-refractivity contribution in [2.75, 3.05) is 4.90 Å². The molecule has 1 aromatic heterocycles. The van der Waals surface area contributed by atoms with Gasteiger partial charge in [-0.3, -0.25) is 14.5 Å². The van der Waals surface area contributed by atoms with Gasteiger partial charge in [-0.2, -0.15) is 0 Å². The van der Waals surface area contributed by atoms with Gasteiger partial charge in [0.15, 0.2) is 5.13 Å². The molecular formula is C28H23FN2O3S. The molecule has 5 nitrogen and oxygen atoms in total. The number of fused-ring (bicyclic) bond motifs is 1. The highest BCUT2D eigenvalue weighted by molar-refractivity contribution is 7.22. The molecule has 0 aliphatic carbocycles. The van der Waals surface area contributed by atoms with Crippen molar-refractivity contribution in [2.45, 2.75) is 32.7 Å². The molecule has 1 aliphatic rings. The van der Waals surface area contributed by atoms with Gasteiger partial charge in [-0.1, -0.05) is 55.5 Å². The van der Waals surface area contributed by atoms with Gasteiger partial charge in [0.05, 0.1) is 21.8 Å². The van der Waals surface area contributed by atoms with Crippen LogP contribution in [0.3, 0.4) is 0 Å². The molecule has 0 radical (unpaired) electrons. The number of aryl methyl sites for hydroxylation is 1. The molecule has 0 unspecified atom stereocenters. The molecule has 1 aliphatic heterocycles. The van der Waals surface area contributed by atoms with Crippen LogP contribution in [0.1, 0.15) is 48.1 Å². The minimum Gasteiger partial charge on any atom is -0.507 e. The number of Topliss-reactive ketones (excluding diaryl/α,β-unsaturated/α-hetero) is 1. The van der Waals surface area contributed by atoms with Crippen LogP contribution in [0.5, 0.6) is 0 Å². The van der Waals surface area contributed by atoms with Crippen LogP contribution >= 0.6 is 11.3 Å². The zero-order valence-corrected chi connectivity index (χ0v) is 20.3. The number of rotatable bonds is 4. The lowest BCUT2D eigenvalue weighted by Crippen LogP contribution is -2.29. The maximum absolute atomic E-state index is 13.5. The molecular weight excluding hydrogens is 463 g/mol. The van der Waals surface area contributed by atoms with E-state index in [-0.39, 0.29) is 16.9 Å². The number of benzene rings is 3. The standard InChI is InChI=1S/C28H23FN2O3S/c1-15(2)17-5-7-18(8-6-17)24-23(25(32)19-9-11-20(29)12-10-19)26(33)27(34)31(24)28-30-21-13-4-16(3)14-22(21)35-28/h4-15,24,32H,1-3H3/t24-/m0/s1. The predicted molar refractivity (Wildman–Crippen MR) is 136 cm³/mol. The monoisotopic (exact) mass is 486 g/mol. The Morgan fingerprint density at radius 3 is 2.37 bits per heavy atom. The summed E-state index contributed by atoms with van der Waals surface area (Å²) in [6.45, 7) is 6.14. The van der Waals surface area contributed by atoms with Crippen LogP contribution in [-0.2, 0) is 9.59 Å². The molecule has 0 saturated carbocycles. The Kier molecular flexibility index (Phi) is 5.73. The smallest absolute Gasteiger partial charge is 0.301 e. The van der Waals surface area contributed by atoms with Crippen molar-refractivity contribution in [1.29, 1.82) is 0 Å². The second-order valence-corrected chi connectivity index (χ2v) is 9.97. The van der Waals surface area contributed by atoms with Crippen molar-refractivity contribution in [3.8, 4) is 0 Å². The molecule has 2 heterocycles. The molecule has 176 valence electrons. The normalized spacial score (nSPS) is 17.6. The van der Waals surface area contributed by atoms with E-state index in [0.29, 0.717) is 16.6 Å². The summed E-state index contributed by atoms with van der Waals surface area (Å²) in [4.78, 5) is 32.6. The first-order valence-corrected chi connectivity index (χ1v) is 12.1. The number of carbonyl (C=O) groups excluding carboxylic acids is 2. The number of amides is 1. The lowest BCUT2D eigenvalue weighted by atomic mass is 9.93. The molecule has 35 heavy (non-hydrogen) atoms. The minimum absolute atomic E-state index is 0.0469. The molecule has 4 aromatic rings. The summed E-state index contributed by atoms with van der Waals surface area (Å²) < 4.78 is 14.4. The van der Waals surface area contributed by atoms with Gasteiger partial charge in [0.2, 0.25) is 0 Å². The van der Waals surface area contributed by atoms with Crippen LogP contribution in [0.4, 0.5) is 9.52 Å². The summed E-state index contributed by atoms with van der Waals surface area (Å²) >= 11 is 1.32. The highest BCUT2D eigenvalue weighted by Gasteiger charge is 2.48. The van der Waals surface area contributed by atoms with Crippen LogP contribution in [0.2, 0.25) is 0 Å². The molecule has 1 atom stereocenters. The summed E-state index contributed by atoms with van der Waals surface area (Å²) in [5.74, 6) is -2.07. The van der Waals surface area contributed by atoms with Crippen molar-refractivity contribution in [1.82, 2.24) is 4.98 Å². The molecule has 5 rings (SSSR count). The highest BCUT2D eigenvalue weighted by atomic mass is 32.1. The summed E-state index contributed by atoms with van der Waals surface area (Å²) in [6.07, 6.45) is 0. The third kappa shape index (κ3) is 4.02. The Balaban J connectivity index is 1.71. The Morgan fingerprint density at radius 1 is 1.03 bits per heavy atom. The topological polar surface area (TPSA) is 70.5 Å². The van der Waals surface area contributed by atoms with E-state index in [1.807, 2.05) is 49.4 Å². The summed E-state index contributed by atoms with van der Waals surface area (Å²) in [5.41, 5.74) is 3.78. The third-order valence-electron chi connectivity index (χ3n) is 6.22. The van der Waals surface area contributed by atoms with Crippen molar-refractivity contribution >= 4 is 44.1 Å². The predicted octanol–water partition coefficient (Wildman–Crippen LogP) is 6.49. The quantitative estimate of drug-likeness (QED) is 0.203. The third-order valence-corrected chi connectivity index (χ3v) is 7.24. The largest absolute Gasteiger partial charge is 0.507 e. The lowest BCUT2D eigenvalue weighted by molar-refractivity contribution is -0.132. The number of aliphatic hydroxyl groups excluding tert-OH is 1. The second-order valence-electron chi connectivity index (χ2n) is 8.96. The Bertz CT molecular complexity index is 1490. The van der Waals surface area contributed by atoms with Crippen molar-refractivity contribution < 1.29 is 19.1 Å². The molecule has 1 N–H and O–H groups in total. The van der Waals surface area contributed by atoms with Gasteiger partial charge in [0, 0.05) is 5.56 Å². The molecule has 0 bridgehead atoms. The van der Waals surface area contributed by atoms with E-state index in [4.69, 9.17) is 0 Å². The Hall–Kier alpha value is -3.84. The molecule has 1 fully saturated rings. The highest BCUT2D eigenvalue weighted by Crippen LogP contribution is 2.44. The summed E-state index contributed by atoms with van der Waals surface area (Å²) in [6, 6.07) is 17.8. The van der Waals surface area contributed by atoms with Gasteiger partial charge in [0.25, 0.3) is 5.78 Å². The van der Waals surface area contributed by atoms with Gasteiger partial charge in [-0.25, -0.2) is 9.37 Å². The van der Waals surface area contributed by atoms with Crippen molar-refractivity contribution in [3.63, 3.8) is 0 Å². The van der Waals surface area contributed by atoms with Gasteiger partial charge in [-0.05, 0) is 65.9 Å². The van der Waals surface area contributed by atoms with E-state index >= 15 is 0 Å². The van der Waals surface area contributed by atoms with Crippen LogP contribution in [0.15, 0.2) is 72.3 Å². The fourth-order valence-corrected chi connectivity index (χ4v) is 5.38. The molecule has 3 aromatic carbocycles. The van der Waals surface area contributed by atoms with E-state index < -0.39 is 23.5 Å². The number of aliphatic hydroxyl groups is 1. The summed E-state index contributed by atoms with van der Waals surface area (Å²) in [7, 11) is 0. The first-order chi connectivity index (χ1) is 16.7. The number of thiazole rings is 1. The number of nitrogens with zero attached hydrogens (tertiary/aromatic N) is 2. The summed E-state index contributed by atoms with van der Waals surface area (Å²) in [5, 5.41) is 11.5. The molecule has 1 saturated heterocycles. The van der Waals surface area contributed by atoms with Crippen molar-refractivity contribution in [2.24, 2.45) is 0 Å². The lowest BCUT2D eigenvalue weighted by Gasteiger charge is -2.23. The zero-order valence-electron chi connectivity index (χ0n) is 19.4. The van der Waals surface area contributed by atoms with E-state index in [0.717, 1.165) is 21.3 Å². The van der Waals surface area contributed by atoms with Crippen LogP contribution in [-0.4, -0.2) is 21.8 Å². The Labute approximate surface area is 206 Å². The average molecular weight is 487 g/mol. The number of hydrogen-bond acceptors (Lipinski definition) is 5. The first kappa shape index (κ1) is 22.9. The van der Waals surface area contributed by atoms with Gasteiger partial charge in [-0.15, -0.1) is 0 Å². The van der Waals surface area contributed by atoms with Crippen LogP contribution in [0.25, 0.3) is 16.0 Å². The molecule has 0 spiro atoms. The van der Waals surface area contributed by atoms with Crippen LogP contribution in [0, 0.1) is 12.7 Å². The Morgan fingerprint density at radius 2 is 1.71 bits per heavy atom. The SMILES string of the molecule is Cc1ccc2nc(N3C(=O)C(=O)C(=C(O)c4ccc(F)cc4)[C@@H]3c3ccc(C(C)C)cc3)sc2c1. The minimum atomic E-state index is -0.872. The van der Waals surface area contributed by atoms with Gasteiger partial charge in [0.1, 0.15) is 11.6 Å². The van der Waals surface area contributed by atoms with Crippen molar-refractivity contribution in [3.05, 3.63) is 100 Å². The average Bonchev–Trinajstić information content (AvgIpc) is 3.37. The number of anilines is 1. The molecule has 7 heteroatoms. The maximum atomic E-state index is 13.5. The fraction of sp³-hybridized carbons (Fsp3) is 0.179. The number of halogens is 1. The fourth-order valence-electron chi connectivity index (χ4n) is 4.29. The maximum Gasteiger partial charge on any atom is 0.301 e. The van der Waals surface area contributed by atoms with E-state index in [1.165, 1.54) is 40.5 Å².